The third-order valence-corrected chi connectivity index (χ3v) is 8.11. The van der Waals surface area contributed by atoms with Crippen LogP contribution in [0.15, 0.2) is 60.7 Å². The monoisotopic (exact) mass is 472 g/mol. The highest BCUT2D eigenvalue weighted by atomic mass is 16.5. The molecule has 180 valence electrons. The Hall–Kier alpha value is -3.61. The number of nitrogens with one attached hydrogen (secondary N) is 1. The molecule has 35 heavy (non-hydrogen) atoms. The Morgan fingerprint density at radius 3 is 2.23 bits per heavy atom. The second-order valence-corrected chi connectivity index (χ2v) is 10.1. The number of rotatable bonds is 5. The molecule has 4 atom stereocenters. The number of likely N-dealkylation sites (tertiary alicyclic amines) is 1. The molecule has 4 aliphatic rings. The first-order valence-electron chi connectivity index (χ1n) is 12.3. The molecule has 2 fully saturated rings. The zero-order chi connectivity index (χ0) is 24.1. The molecule has 7 heteroatoms. The second kappa shape index (κ2) is 8.56. The van der Waals surface area contributed by atoms with Gasteiger partial charge in [-0.15, -0.1) is 0 Å². The van der Waals surface area contributed by atoms with Gasteiger partial charge in [0.25, 0.3) is 0 Å². The summed E-state index contributed by atoms with van der Waals surface area (Å²) in [5, 5.41) is 12.1. The normalized spacial score (nSPS) is 28.1. The predicted octanol–water partition coefficient (Wildman–Crippen LogP) is 3.65. The molecule has 2 N–H and O–H groups in total. The number of nitrogens with zero attached hydrogens (tertiary/aromatic N) is 1. The van der Waals surface area contributed by atoms with Crippen molar-refractivity contribution in [1.29, 1.82) is 0 Å². The van der Waals surface area contributed by atoms with Crippen molar-refractivity contribution in [3.63, 3.8) is 0 Å². The van der Waals surface area contributed by atoms with Crippen LogP contribution in [0.25, 0.3) is 11.1 Å². The van der Waals surface area contributed by atoms with E-state index in [9.17, 15) is 19.5 Å². The smallest absolute Gasteiger partial charge is 0.407 e. The van der Waals surface area contributed by atoms with E-state index >= 15 is 0 Å². The van der Waals surface area contributed by atoms with Crippen LogP contribution >= 0.6 is 0 Å². The van der Waals surface area contributed by atoms with Crippen LogP contribution in [-0.2, 0) is 14.3 Å². The Kier molecular flexibility index (Phi) is 5.35. The van der Waals surface area contributed by atoms with Gasteiger partial charge in [-0.1, -0.05) is 60.7 Å². The minimum Gasteiger partial charge on any atom is -0.481 e. The summed E-state index contributed by atoms with van der Waals surface area (Å²) in [5.41, 5.74) is 4.70. The Bertz CT molecular complexity index is 1170. The molecule has 1 aliphatic heterocycles. The molecule has 2 amide bonds. The van der Waals surface area contributed by atoms with Crippen LogP contribution in [0.5, 0.6) is 0 Å². The second-order valence-electron chi connectivity index (χ2n) is 10.1. The fraction of sp³-hybridized carbons (Fsp3) is 0.393. The van der Waals surface area contributed by atoms with Crippen LogP contribution in [-0.4, -0.2) is 53.7 Å². The van der Waals surface area contributed by atoms with Gasteiger partial charge in [-0.05, 0) is 46.9 Å². The van der Waals surface area contributed by atoms with E-state index in [4.69, 9.17) is 4.74 Å². The maximum Gasteiger partial charge on any atom is 0.407 e. The van der Waals surface area contributed by atoms with Crippen LogP contribution in [0.4, 0.5) is 4.79 Å². The molecule has 1 saturated carbocycles. The van der Waals surface area contributed by atoms with Gasteiger partial charge in [0.05, 0.1) is 12.0 Å². The molecule has 2 aromatic carbocycles. The lowest BCUT2D eigenvalue weighted by molar-refractivity contribution is -0.141. The van der Waals surface area contributed by atoms with Crippen LogP contribution in [0, 0.1) is 23.7 Å². The van der Waals surface area contributed by atoms with E-state index in [2.05, 4.69) is 29.6 Å². The van der Waals surface area contributed by atoms with E-state index < -0.39 is 12.1 Å². The fourth-order valence-corrected chi connectivity index (χ4v) is 6.32. The number of hydrogen-bond donors (Lipinski definition) is 2. The van der Waals surface area contributed by atoms with Crippen LogP contribution in [0.3, 0.4) is 0 Å². The quantitative estimate of drug-likeness (QED) is 0.648. The molecule has 1 heterocycles. The molecule has 3 aliphatic carbocycles. The molecular weight excluding hydrogens is 444 g/mol. The predicted molar refractivity (Wildman–Crippen MR) is 129 cm³/mol. The zero-order valence-corrected chi connectivity index (χ0v) is 19.3. The molecule has 1 saturated heterocycles. The summed E-state index contributed by atoms with van der Waals surface area (Å²) in [6, 6.07) is 16.2. The highest BCUT2D eigenvalue weighted by molar-refractivity contribution is 5.82. The van der Waals surface area contributed by atoms with E-state index in [0.717, 1.165) is 0 Å². The highest BCUT2D eigenvalue weighted by Gasteiger charge is 2.60. The first-order chi connectivity index (χ1) is 17.0. The van der Waals surface area contributed by atoms with Gasteiger partial charge in [-0.3, -0.25) is 9.59 Å². The first-order valence-corrected chi connectivity index (χ1v) is 12.3. The van der Waals surface area contributed by atoms with Gasteiger partial charge in [0, 0.05) is 24.9 Å². The average molecular weight is 473 g/mol. The molecule has 0 radical (unpaired) electrons. The number of carboxylic acid groups (broad SMARTS) is 1. The number of piperidine rings is 1. The van der Waals surface area contributed by atoms with E-state index in [1.54, 1.807) is 0 Å². The molecule has 6 rings (SSSR count). The van der Waals surface area contributed by atoms with Crippen molar-refractivity contribution in [3.05, 3.63) is 71.8 Å². The summed E-state index contributed by atoms with van der Waals surface area (Å²) >= 11 is 0. The maximum absolute atomic E-state index is 13.0. The third kappa shape index (κ3) is 3.89. The van der Waals surface area contributed by atoms with E-state index in [-0.39, 0.29) is 48.1 Å². The number of carbonyl (C=O) groups excluding carboxylic acids is 2. The average Bonchev–Trinajstić information content (AvgIpc) is 3.22. The Balaban J connectivity index is 1.03. The number of amides is 2. The number of carbonyl (C=O) groups is 3. The summed E-state index contributed by atoms with van der Waals surface area (Å²) in [4.78, 5) is 38.7. The van der Waals surface area contributed by atoms with E-state index in [1.165, 1.54) is 22.3 Å². The summed E-state index contributed by atoms with van der Waals surface area (Å²) in [6.45, 7) is 1.32. The van der Waals surface area contributed by atoms with Gasteiger partial charge in [0.15, 0.2) is 0 Å². The summed E-state index contributed by atoms with van der Waals surface area (Å²) in [5.74, 6) is -0.978. The molecular formula is C28H28N2O5. The molecule has 0 spiro atoms. The van der Waals surface area contributed by atoms with Crippen LogP contribution in [0.1, 0.15) is 29.9 Å². The number of benzene rings is 2. The van der Waals surface area contributed by atoms with Crippen molar-refractivity contribution >= 4 is 18.0 Å². The lowest BCUT2D eigenvalue weighted by Gasteiger charge is -2.29. The number of ether oxygens (including phenoxy) is 1. The first kappa shape index (κ1) is 21.9. The van der Waals surface area contributed by atoms with Gasteiger partial charge in [-0.2, -0.15) is 0 Å². The third-order valence-electron chi connectivity index (χ3n) is 8.11. The Morgan fingerprint density at radius 2 is 1.60 bits per heavy atom. The number of carboxylic acids is 1. The van der Waals surface area contributed by atoms with Gasteiger partial charge < -0.3 is 20.1 Å². The van der Waals surface area contributed by atoms with Gasteiger partial charge in [-0.25, -0.2) is 4.79 Å². The molecule has 4 unspecified atom stereocenters. The molecule has 0 bridgehead atoms. The van der Waals surface area contributed by atoms with Crippen molar-refractivity contribution in [3.8, 4) is 11.1 Å². The minimum absolute atomic E-state index is 0.000559. The highest BCUT2D eigenvalue weighted by Crippen LogP contribution is 2.52. The number of aliphatic carboxylic acids is 1. The Labute approximate surface area is 203 Å². The standard InChI is InChI=1S/C28H28N2O5/c31-26(30-13-22-23(14-30)25(22)27(32)33)16-6-5-7-17(12-16)29-28(34)35-15-24-20-10-3-1-8-18(20)19-9-2-4-11-21(19)24/h1-5,7-11,16-17,22-25H,6,12-15H2,(H,29,34)(H,32,33). The lowest BCUT2D eigenvalue weighted by Crippen LogP contribution is -2.43. The number of hydrogen-bond acceptors (Lipinski definition) is 4. The molecule has 2 aromatic rings. The van der Waals surface area contributed by atoms with Crippen molar-refractivity contribution < 1.29 is 24.2 Å². The lowest BCUT2D eigenvalue weighted by atomic mass is 9.90. The Morgan fingerprint density at radius 1 is 0.971 bits per heavy atom. The van der Waals surface area contributed by atoms with Gasteiger partial charge in [0.2, 0.25) is 5.91 Å². The van der Waals surface area contributed by atoms with Crippen molar-refractivity contribution in [2.45, 2.75) is 24.8 Å². The van der Waals surface area contributed by atoms with Gasteiger partial charge in [0.1, 0.15) is 6.61 Å². The van der Waals surface area contributed by atoms with Crippen molar-refractivity contribution in [2.75, 3.05) is 19.7 Å². The summed E-state index contributed by atoms with van der Waals surface area (Å²) in [6.07, 6.45) is 4.54. The topological polar surface area (TPSA) is 95.9 Å². The minimum atomic E-state index is -0.750. The molecule has 0 aromatic heterocycles. The summed E-state index contributed by atoms with van der Waals surface area (Å²) in [7, 11) is 0. The van der Waals surface area contributed by atoms with Crippen molar-refractivity contribution in [1.82, 2.24) is 10.2 Å². The van der Waals surface area contributed by atoms with Crippen LogP contribution in [0.2, 0.25) is 0 Å². The SMILES string of the molecule is O=C(NC1C=CCC(C(=O)N2CC3C(C2)C3C(=O)O)C1)OCC1c2ccccc2-c2ccccc21. The number of alkyl carbamates (subject to hydrolysis) is 1. The molecule has 7 nitrogen and oxygen atoms in total. The number of allylic oxidation sites excluding steroid dienone is 1. The van der Waals surface area contributed by atoms with Crippen LogP contribution < -0.4 is 5.32 Å². The van der Waals surface area contributed by atoms with Gasteiger partial charge >= 0.3 is 12.1 Å². The van der Waals surface area contributed by atoms with E-state index in [0.29, 0.717) is 25.9 Å². The maximum atomic E-state index is 13.0. The van der Waals surface area contributed by atoms with E-state index in [1.807, 2.05) is 41.3 Å². The summed E-state index contributed by atoms with van der Waals surface area (Å²) < 4.78 is 5.66. The fourth-order valence-electron chi connectivity index (χ4n) is 6.32. The number of fused-ring (bicyclic) bond motifs is 4. The largest absolute Gasteiger partial charge is 0.481 e. The zero-order valence-electron chi connectivity index (χ0n) is 19.3. The van der Waals surface area contributed by atoms with Crippen molar-refractivity contribution in [2.24, 2.45) is 23.7 Å².